The number of nitrogens with zero attached hydrogens (tertiary/aromatic N) is 4. The molecule has 2 fully saturated rings. The fourth-order valence-corrected chi connectivity index (χ4v) is 2.89. The summed E-state index contributed by atoms with van der Waals surface area (Å²) in [6.45, 7) is 7.36. The van der Waals surface area contributed by atoms with Gasteiger partial charge in [0.2, 0.25) is 5.89 Å². The van der Waals surface area contributed by atoms with Gasteiger partial charge in [-0.25, -0.2) is 0 Å². The van der Waals surface area contributed by atoms with Crippen LogP contribution in [0.15, 0.2) is 4.52 Å². The van der Waals surface area contributed by atoms with Crippen molar-refractivity contribution < 1.29 is 4.52 Å². The first kappa shape index (κ1) is 14.8. The van der Waals surface area contributed by atoms with Crippen LogP contribution in [-0.2, 0) is 6.42 Å². The highest BCUT2D eigenvalue weighted by atomic mass is 16.5. The molecule has 1 aliphatic heterocycles. The fourth-order valence-electron chi connectivity index (χ4n) is 2.89. The van der Waals surface area contributed by atoms with E-state index in [2.05, 4.69) is 39.2 Å². The maximum Gasteiger partial charge on any atom is 0.266 e. The number of rotatable bonds is 7. The SMILES string of the molecule is CCCNC(Cc1nc(N2CCN(C)CC2)no1)C1CC1. The van der Waals surface area contributed by atoms with E-state index in [1.54, 1.807) is 0 Å². The molecule has 6 nitrogen and oxygen atoms in total. The highest BCUT2D eigenvalue weighted by Gasteiger charge is 2.32. The highest BCUT2D eigenvalue weighted by molar-refractivity contribution is 5.28. The van der Waals surface area contributed by atoms with Gasteiger partial charge in [-0.1, -0.05) is 6.92 Å². The first-order valence-electron chi connectivity index (χ1n) is 8.25. The largest absolute Gasteiger partial charge is 0.337 e. The van der Waals surface area contributed by atoms with Crippen LogP contribution in [0.25, 0.3) is 0 Å². The normalized spacial score (nSPS) is 21.7. The molecule has 6 heteroatoms. The van der Waals surface area contributed by atoms with Crippen LogP contribution in [0.1, 0.15) is 32.1 Å². The quantitative estimate of drug-likeness (QED) is 0.813. The molecule has 0 amide bonds. The maximum absolute atomic E-state index is 5.48. The van der Waals surface area contributed by atoms with Crippen LogP contribution in [-0.4, -0.2) is 60.9 Å². The summed E-state index contributed by atoms with van der Waals surface area (Å²) in [4.78, 5) is 9.16. The van der Waals surface area contributed by atoms with Crippen LogP contribution in [0.3, 0.4) is 0 Å². The van der Waals surface area contributed by atoms with Gasteiger partial charge in [0.25, 0.3) is 5.95 Å². The average Bonchev–Trinajstić information content (AvgIpc) is 3.24. The third-order valence-corrected chi connectivity index (χ3v) is 4.49. The molecule has 0 radical (unpaired) electrons. The lowest BCUT2D eigenvalue weighted by Crippen LogP contribution is -2.44. The van der Waals surface area contributed by atoms with Gasteiger partial charge >= 0.3 is 0 Å². The second-order valence-electron chi connectivity index (χ2n) is 6.38. The third kappa shape index (κ3) is 3.95. The molecule has 0 bridgehead atoms. The molecule has 1 saturated carbocycles. The van der Waals surface area contributed by atoms with Gasteiger partial charge in [0.05, 0.1) is 0 Å². The number of aromatic nitrogens is 2. The number of hydrogen-bond acceptors (Lipinski definition) is 6. The number of nitrogens with one attached hydrogen (secondary N) is 1. The molecule has 21 heavy (non-hydrogen) atoms. The molecule has 1 aromatic heterocycles. The van der Waals surface area contributed by atoms with Crippen molar-refractivity contribution in [1.29, 1.82) is 0 Å². The molecule has 1 aliphatic carbocycles. The Kier molecular flexibility index (Phi) is 4.75. The van der Waals surface area contributed by atoms with Gasteiger partial charge in [-0.15, -0.1) is 0 Å². The summed E-state index contributed by atoms with van der Waals surface area (Å²) in [5.74, 6) is 2.35. The zero-order valence-corrected chi connectivity index (χ0v) is 13.2. The molecule has 2 aliphatic rings. The monoisotopic (exact) mass is 293 g/mol. The van der Waals surface area contributed by atoms with Crippen LogP contribution in [0, 0.1) is 5.92 Å². The molecular formula is C15H27N5O. The Labute approximate surface area is 126 Å². The predicted molar refractivity (Wildman–Crippen MR) is 82.5 cm³/mol. The highest BCUT2D eigenvalue weighted by Crippen LogP contribution is 2.34. The maximum atomic E-state index is 5.48. The number of anilines is 1. The van der Waals surface area contributed by atoms with Gasteiger partial charge in [-0.3, -0.25) is 0 Å². The van der Waals surface area contributed by atoms with Gasteiger partial charge in [-0.05, 0) is 43.9 Å². The summed E-state index contributed by atoms with van der Waals surface area (Å²) in [6.07, 6.45) is 4.70. The van der Waals surface area contributed by atoms with Crippen molar-refractivity contribution in [3.63, 3.8) is 0 Å². The minimum Gasteiger partial charge on any atom is -0.337 e. The van der Waals surface area contributed by atoms with Gasteiger partial charge in [-0.2, -0.15) is 4.98 Å². The standard InChI is InChI=1S/C15H27N5O/c1-3-6-16-13(12-4-5-12)11-14-17-15(18-21-14)20-9-7-19(2)8-10-20/h12-13,16H,3-11H2,1-2H3. The molecule has 1 saturated heterocycles. The van der Waals surface area contributed by atoms with Crippen molar-refractivity contribution >= 4 is 5.95 Å². The first-order valence-corrected chi connectivity index (χ1v) is 8.25. The van der Waals surface area contributed by atoms with E-state index in [4.69, 9.17) is 4.52 Å². The molecule has 0 spiro atoms. The minimum atomic E-state index is 0.505. The Balaban J connectivity index is 1.56. The Morgan fingerprint density at radius 1 is 1.29 bits per heavy atom. The Morgan fingerprint density at radius 2 is 2.05 bits per heavy atom. The summed E-state index contributed by atoms with van der Waals surface area (Å²) in [7, 11) is 2.15. The van der Waals surface area contributed by atoms with Crippen molar-refractivity contribution in [2.75, 3.05) is 44.7 Å². The lowest BCUT2D eigenvalue weighted by molar-refractivity contribution is 0.308. The zero-order chi connectivity index (χ0) is 14.7. The molecule has 118 valence electrons. The van der Waals surface area contributed by atoms with E-state index < -0.39 is 0 Å². The Bertz CT molecular complexity index is 437. The van der Waals surface area contributed by atoms with Crippen molar-refractivity contribution in [3.8, 4) is 0 Å². The molecule has 1 unspecified atom stereocenters. The molecule has 1 aromatic rings. The molecular weight excluding hydrogens is 266 g/mol. The van der Waals surface area contributed by atoms with Gasteiger partial charge in [0.15, 0.2) is 0 Å². The lowest BCUT2D eigenvalue weighted by Gasteiger charge is -2.31. The number of hydrogen-bond donors (Lipinski definition) is 1. The van der Waals surface area contributed by atoms with Crippen molar-refractivity contribution in [3.05, 3.63) is 5.89 Å². The molecule has 1 N–H and O–H groups in total. The van der Waals surface area contributed by atoms with Gasteiger partial charge < -0.3 is 19.6 Å². The number of likely N-dealkylation sites (N-methyl/N-ethyl adjacent to an activating group) is 1. The summed E-state index contributed by atoms with van der Waals surface area (Å²) in [5.41, 5.74) is 0. The summed E-state index contributed by atoms with van der Waals surface area (Å²) in [6, 6.07) is 0.505. The van der Waals surface area contributed by atoms with E-state index in [9.17, 15) is 0 Å². The van der Waals surface area contributed by atoms with E-state index in [1.807, 2.05) is 0 Å². The lowest BCUT2D eigenvalue weighted by atomic mass is 10.1. The predicted octanol–water partition coefficient (Wildman–Crippen LogP) is 1.14. The molecule has 3 rings (SSSR count). The Hall–Kier alpha value is -1.14. The zero-order valence-electron chi connectivity index (χ0n) is 13.2. The van der Waals surface area contributed by atoms with Crippen LogP contribution >= 0.6 is 0 Å². The van der Waals surface area contributed by atoms with E-state index in [0.717, 1.165) is 56.9 Å². The van der Waals surface area contributed by atoms with E-state index in [1.165, 1.54) is 19.3 Å². The van der Waals surface area contributed by atoms with Gasteiger partial charge in [0, 0.05) is 38.6 Å². The van der Waals surface area contributed by atoms with Crippen molar-refractivity contribution in [1.82, 2.24) is 20.4 Å². The summed E-state index contributed by atoms with van der Waals surface area (Å²) in [5, 5.41) is 7.80. The van der Waals surface area contributed by atoms with Crippen LogP contribution in [0.4, 0.5) is 5.95 Å². The number of piperazine rings is 1. The second kappa shape index (κ2) is 6.75. The minimum absolute atomic E-state index is 0.505. The topological polar surface area (TPSA) is 57.4 Å². The van der Waals surface area contributed by atoms with Crippen LogP contribution < -0.4 is 10.2 Å². The third-order valence-electron chi connectivity index (χ3n) is 4.49. The van der Waals surface area contributed by atoms with E-state index in [0.29, 0.717) is 6.04 Å². The van der Waals surface area contributed by atoms with Gasteiger partial charge in [0.1, 0.15) is 0 Å². The average molecular weight is 293 g/mol. The fraction of sp³-hybridized carbons (Fsp3) is 0.867. The van der Waals surface area contributed by atoms with Crippen molar-refractivity contribution in [2.45, 2.75) is 38.6 Å². The van der Waals surface area contributed by atoms with E-state index in [-0.39, 0.29) is 0 Å². The Morgan fingerprint density at radius 3 is 2.71 bits per heavy atom. The molecule has 2 heterocycles. The summed E-state index contributed by atoms with van der Waals surface area (Å²) < 4.78 is 5.48. The second-order valence-corrected chi connectivity index (χ2v) is 6.38. The molecule has 1 atom stereocenters. The first-order chi connectivity index (χ1) is 10.3. The molecule has 0 aromatic carbocycles. The summed E-state index contributed by atoms with van der Waals surface area (Å²) >= 11 is 0. The van der Waals surface area contributed by atoms with Crippen LogP contribution in [0.2, 0.25) is 0 Å². The van der Waals surface area contributed by atoms with E-state index >= 15 is 0 Å². The van der Waals surface area contributed by atoms with Crippen molar-refractivity contribution in [2.24, 2.45) is 5.92 Å². The smallest absolute Gasteiger partial charge is 0.266 e. The van der Waals surface area contributed by atoms with Crippen LogP contribution in [0.5, 0.6) is 0 Å².